The maximum absolute atomic E-state index is 12.7. The minimum absolute atomic E-state index is 0.0475. The Morgan fingerprint density at radius 3 is 2.82 bits per heavy atom. The first-order valence-electron chi connectivity index (χ1n) is 7.54. The van der Waals surface area contributed by atoms with Crippen molar-refractivity contribution in [3.05, 3.63) is 42.0 Å². The number of ketones is 1. The van der Waals surface area contributed by atoms with Gasteiger partial charge in [0.05, 0.1) is 25.6 Å². The van der Waals surface area contributed by atoms with E-state index in [2.05, 4.69) is 6.58 Å². The van der Waals surface area contributed by atoms with Gasteiger partial charge >= 0.3 is 5.97 Å². The van der Waals surface area contributed by atoms with E-state index in [9.17, 15) is 9.59 Å². The van der Waals surface area contributed by atoms with E-state index >= 15 is 0 Å². The molecule has 1 aliphatic rings. The van der Waals surface area contributed by atoms with Gasteiger partial charge in [0.25, 0.3) is 0 Å². The van der Waals surface area contributed by atoms with Crippen LogP contribution in [0.3, 0.4) is 0 Å². The average Bonchev–Trinajstić information content (AvgIpc) is 2.51. The summed E-state index contributed by atoms with van der Waals surface area (Å²) in [5.41, 5.74) is 1.08. The Morgan fingerprint density at radius 2 is 2.18 bits per heavy atom. The second-order valence-corrected chi connectivity index (χ2v) is 5.50. The summed E-state index contributed by atoms with van der Waals surface area (Å²) in [4.78, 5) is 24.8. The molecule has 22 heavy (non-hydrogen) atoms. The van der Waals surface area contributed by atoms with Gasteiger partial charge in [0.15, 0.2) is 0 Å². The van der Waals surface area contributed by atoms with Gasteiger partial charge in [0, 0.05) is 6.42 Å². The summed E-state index contributed by atoms with van der Waals surface area (Å²) in [7, 11) is 1.59. The first-order chi connectivity index (χ1) is 10.6. The minimum atomic E-state index is -0.879. The number of Topliss-reactive ketones (excluding diaryl/α,β-unsaturated/α-hetero) is 1. The van der Waals surface area contributed by atoms with E-state index in [-0.39, 0.29) is 18.2 Å². The molecule has 2 rings (SSSR count). The SMILES string of the molecule is C=CCC1(CC(=O)OCC)C(=O)CCc2ccc(OC)cc21. The van der Waals surface area contributed by atoms with Crippen LogP contribution in [0.4, 0.5) is 0 Å². The highest BCUT2D eigenvalue weighted by atomic mass is 16.5. The molecule has 118 valence electrons. The number of fused-ring (bicyclic) bond motifs is 1. The van der Waals surface area contributed by atoms with Gasteiger partial charge in [-0.1, -0.05) is 12.1 Å². The molecule has 1 aromatic rings. The molecule has 0 saturated heterocycles. The van der Waals surface area contributed by atoms with E-state index in [0.717, 1.165) is 11.1 Å². The standard InChI is InChI=1S/C18H22O4/c1-4-10-18(12-17(20)22-5-2)15-11-14(21-3)8-6-13(15)7-9-16(18)19/h4,6,8,11H,1,5,7,9-10,12H2,2-3H3. The van der Waals surface area contributed by atoms with Crippen LogP contribution < -0.4 is 4.74 Å². The first-order valence-corrected chi connectivity index (χ1v) is 7.54. The number of carbonyl (C=O) groups is 2. The van der Waals surface area contributed by atoms with Crippen LogP contribution in [-0.2, 0) is 26.2 Å². The van der Waals surface area contributed by atoms with Gasteiger partial charge < -0.3 is 9.47 Å². The maximum Gasteiger partial charge on any atom is 0.307 e. The lowest BCUT2D eigenvalue weighted by molar-refractivity contribution is -0.147. The van der Waals surface area contributed by atoms with Gasteiger partial charge in [-0.15, -0.1) is 6.58 Å². The number of ether oxygens (including phenoxy) is 2. The summed E-state index contributed by atoms with van der Waals surface area (Å²) in [6, 6.07) is 5.73. The molecule has 0 spiro atoms. The molecule has 0 fully saturated rings. The molecule has 4 heteroatoms. The molecule has 0 bridgehead atoms. The zero-order valence-electron chi connectivity index (χ0n) is 13.2. The van der Waals surface area contributed by atoms with Crippen molar-refractivity contribution in [2.45, 2.75) is 38.0 Å². The molecule has 0 aromatic heterocycles. The first kappa shape index (κ1) is 16.3. The molecule has 1 atom stereocenters. The predicted molar refractivity (Wildman–Crippen MR) is 84.1 cm³/mol. The Hall–Kier alpha value is -2.10. The smallest absolute Gasteiger partial charge is 0.307 e. The van der Waals surface area contributed by atoms with Gasteiger partial charge in [0.2, 0.25) is 0 Å². The highest BCUT2D eigenvalue weighted by Crippen LogP contribution is 2.42. The average molecular weight is 302 g/mol. The molecular formula is C18H22O4. The van der Waals surface area contributed by atoms with E-state index in [4.69, 9.17) is 9.47 Å². The van der Waals surface area contributed by atoms with Gasteiger partial charge in [0.1, 0.15) is 11.5 Å². The van der Waals surface area contributed by atoms with Crippen molar-refractivity contribution >= 4 is 11.8 Å². The van der Waals surface area contributed by atoms with Gasteiger partial charge in [-0.05, 0) is 43.0 Å². The molecule has 1 aliphatic carbocycles. The number of rotatable bonds is 6. The van der Waals surface area contributed by atoms with Crippen molar-refractivity contribution in [1.29, 1.82) is 0 Å². The lowest BCUT2D eigenvalue weighted by Crippen LogP contribution is -2.42. The van der Waals surface area contributed by atoms with Gasteiger partial charge in [-0.2, -0.15) is 0 Å². The van der Waals surface area contributed by atoms with Gasteiger partial charge in [-0.25, -0.2) is 0 Å². The summed E-state index contributed by atoms with van der Waals surface area (Å²) in [5, 5.41) is 0. The third kappa shape index (κ3) is 2.91. The topological polar surface area (TPSA) is 52.6 Å². The number of carbonyl (C=O) groups excluding carboxylic acids is 2. The number of benzene rings is 1. The van der Waals surface area contributed by atoms with Gasteiger partial charge in [-0.3, -0.25) is 9.59 Å². The van der Waals surface area contributed by atoms with Crippen molar-refractivity contribution in [3.63, 3.8) is 0 Å². The zero-order valence-corrected chi connectivity index (χ0v) is 13.2. The largest absolute Gasteiger partial charge is 0.497 e. The van der Waals surface area contributed by atoms with Crippen LogP contribution in [0, 0.1) is 0 Å². The molecule has 0 aliphatic heterocycles. The van der Waals surface area contributed by atoms with Crippen LogP contribution in [0.15, 0.2) is 30.9 Å². The number of hydrogen-bond donors (Lipinski definition) is 0. The molecule has 0 N–H and O–H groups in total. The summed E-state index contributed by atoms with van der Waals surface area (Å²) in [6.45, 7) is 5.84. The van der Waals surface area contributed by atoms with E-state index in [0.29, 0.717) is 31.6 Å². The molecule has 1 aromatic carbocycles. The van der Waals surface area contributed by atoms with Crippen LogP contribution >= 0.6 is 0 Å². The normalized spacial score (nSPS) is 20.2. The number of hydrogen-bond acceptors (Lipinski definition) is 4. The number of aryl methyl sites for hydroxylation is 1. The molecule has 0 amide bonds. The van der Waals surface area contributed by atoms with Crippen LogP contribution in [0.25, 0.3) is 0 Å². The molecular weight excluding hydrogens is 280 g/mol. The highest BCUT2D eigenvalue weighted by Gasteiger charge is 2.44. The van der Waals surface area contributed by atoms with Crippen molar-refractivity contribution in [2.24, 2.45) is 0 Å². The Bertz CT molecular complexity index is 591. The Balaban J connectivity index is 2.53. The second-order valence-electron chi connectivity index (χ2n) is 5.50. The Kier molecular flexibility index (Phi) is 5.01. The van der Waals surface area contributed by atoms with Crippen molar-refractivity contribution in [3.8, 4) is 5.75 Å². The fraction of sp³-hybridized carbons (Fsp3) is 0.444. The van der Waals surface area contributed by atoms with Crippen molar-refractivity contribution in [2.75, 3.05) is 13.7 Å². The third-order valence-electron chi connectivity index (χ3n) is 4.23. The molecule has 0 radical (unpaired) electrons. The summed E-state index contributed by atoms with van der Waals surface area (Å²) < 4.78 is 10.4. The third-order valence-corrected chi connectivity index (χ3v) is 4.23. The highest BCUT2D eigenvalue weighted by molar-refractivity contribution is 5.96. The summed E-state index contributed by atoms with van der Waals surface area (Å²) in [6.07, 6.45) is 3.30. The quantitative estimate of drug-likeness (QED) is 0.599. The van der Waals surface area contributed by atoms with E-state index in [1.165, 1.54) is 0 Å². The van der Waals surface area contributed by atoms with Crippen LogP contribution in [-0.4, -0.2) is 25.5 Å². The van der Waals surface area contributed by atoms with Crippen molar-refractivity contribution < 1.29 is 19.1 Å². The van der Waals surface area contributed by atoms with Crippen LogP contribution in [0.5, 0.6) is 5.75 Å². The minimum Gasteiger partial charge on any atom is -0.497 e. The lowest BCUT2D eigenvalue weighted by atomic mass is 9.65. The second kappa shape index (κ2) is 6.77. The van der Waals surface area contributed by atoms with Crippen LogP contribution in [0.2, 0.25) is 0 Å². The zero-order chi connectivity index (χ0) is 16.2. The van der Waals surface area contributed by atoms with E-state index < -0.39 is 5.41 Å². The predicted octanol–water partition coefficient (Wildman–Crippen LogP) is 2.98. The fourth-order valence-corrected chi connectivity index (χ4v) is 3.18. The number of esters is 1. The summed E-state index contributed by atoms with van der Waals surface area (Å²) >= 11 is 0. The molecule has 0 heterocycles. The molecule has 1 unspecified atom stereocenters. The monoisotopic (exact) mass is 302 g/mol. The lowest BCUT2D eigenvalue weighted by Gasteiger charge is -2.36. The van der Waals surface area contributed by atoms with E-state index in [1.54, 1.807) is 20.1 Å². The van der Waals surface area contributed by atoms with Crippen LogP contribution in [0.1, 0.15) is 37.3 Å². The fourth-order valence-electron chi connectivity index (χ4n) is 3.18. The van der Waals surface area contributed by atoms with Crippen molar-refractivity contribution in [1.82, 2.24) is 0 Å². The maximum atomic E-state index is 12.7. The molecule has 0 saturated carbocycles. The van der Waals surface area contributed by atoms with E-state index in [1.807, 2.05) is 18.2 Å². The molecule has 4 nitrogen and oxygen atoms in total. The number of methoxy groups -OCH3 is 1. The summed E-state index contributed by atoms with van der Waals surface area (Å²) in [5.74, 6) is 0.403. The Labute approximate surface area is 131 Å². The Morgan fingerprint density at radius 1 is 1.41 bits per heavy atom. The number of allylic oxidation sites excluding steroid dienone is 1.